The summed E-state index contributed by atoms with van der Waals surface area (Å²) in [6, 6.07) is 17.5. The molecule has 0 N–H and O–H groups in total. The van der Waals surface area contributed by atoms with Crippen molar-refractivity contribution in [1.29, 1.82) is 5.26 Å². The second-order valence-corrected chi connectivity index (χ2v) is 6.10. The lowest BCUT2D eigenvalue weighted by atomic mass is 9.98. The van der Waals surface area contributed by atoms with Crippen molar-refractivity contribution in [3.63, 3.8) is 0 Å². The second-order valence-electron chi connectivity index (χ2n) is 6.10. The van der Waals surface area contributed by atoms with E-state index in [-0.39, 0.29) is 11.4 Å². The summed E-state index contributed by atoms with van der Waals surface area (Å²) in [6.07, 6.45) is 0. The van der Waals surface area contributed by atoms with Crippen LogP contribution in [-0.4, -0.2) is 14.8 Å². The molecule has 4 aromatic rings. The van der Waals surface area contributed by atoms with Gasteiger partial charge in [-0.2, -0.15) is 5.26 Å². The van der Waals surface area contributed by atoms with Gasteiger partial charge in [-0.25, -0.2) is 4.98 Å². The van der Waals surface area contributed by atoms with E-state index in [9.17, 15) is 20.2 Å². The van der Waals surface area contributed by atoms with Gasteiger partial charge in [-0.3, -0.25) is 20.2 Å². The quantitative estimate of drug-likeness (QED) is 0.291. The molecule has 0 fully saturated rings. The lowest BCUT2D eigenvalue weighted by molar-refractivity contribution is -0.384. The number of nitro benzene ring substituents is 2. The third-order valence-corrected chi connectivity index (χ3v) is 4.47. The maximum absolute atomic E-state index is 11.2. The van der Waals surface area contributed by atoms with Gasteiger partial charge in [0.25, 0.3) is 11.4 Å². The number of nitrogens with zero attached hydrogens (tertiary/aromatic N) is 4. The molecule has 1 heterocycles. The van der Waals surface area contributed by atoms with Gasteiger partial charge in [-0.1, -0.05) is 12.1 Å². The van der Waals surface area contributed by atoms with Crippen LogP contribution in [0.1, 0.15) is 5.56 Å². The van der Waals surface area contributed by atoms with Crippen molar-refractivity contribution in [2.24, 2.45) is 0 Å². The topological polar surface area (TPSA) is 123 Å². The van der Waals surface area contributed by atoms with Crippen LogP contribution in [0.3, 0.4) is 0 Å². The minimum absolute atomic E-state index is 0.0783. The largest absolute Gasteiger partial charge is 0.271 e. The van der Waals surface area contributed by atoms with Gasteiger partial charge >= 0.3 is 0 Å². The van der Waals surface area contributed by atoms with Crippen molar-refractivity contribution >= 4 is 33.1 Å². The number of pyridine rings is 1. The van der Waals surface area contributed by atoms with E-state index >= 15 is 0 Å². The zero-order chi connectivity index (χ0) is 19.8. The number of fused-ring (bicyclic) bond motifs is 3. The van der Waals surface area contributed by atoms with Crippen LogP contribution in [-0.2, 0) is 0 Å². The first-order chi connectivity index (χ1) is 13.5. The number of hydrogen-bond donors (Lipinski definition) is 0. The third-order valence-electron chi connectivity index (χ3n) is 4.47. The van der Waals surface area contributed by atoms with Crippen molar-refractivity contribution < 1.29 is 9.85 Å². The molecule has 8 nitrogen and oxygen atoms in total. The van der Waals surface area contributed by atoms with E-state index < -0.39 is 9.85 Å². The Balaban J connectivity index is 2.10. The Hall–Kier alpha value is -4.38. The fourth-order valence-corrected chi connectivity index (χ4v) is 3.13. The molecule has 0 spiro atoms. The second kappa shape index (κ2) is 6.41. The predicted octanol–water partition coefficient (Wildman–Crippen LogP) is 4.74. The standard InChI is InChI=1S/C20H10N4O4/c21-11-12-1-3-13(4-2-12)20-18-9-14(23(25)26)5-7-16(18)17-8-6-15(24(27)28)10-19(17)22-20/h1-10H. The molecule has 0 atom stereocenters. The average molecular weight is 370 g/mol. The highest BCUT2D eigenvalue weighted by Crippen LogP contribution is 2.35. The number of rotatable bonds is 3. The Morgan fingerprint density at radius 3 is 2.00 bits per heavy atom. The zero-order valence-corrected chi connectivity index (χ0v) is 14.2. The van der Waals surface area contributed by atoms with Crippen molar-refractivity contribution in [1.82, 2.24) is 4.98 Å². The first-order valence-corrected chi connectivity index (χ1v) is 8.15. The molecule has 4 rings (SSSR count). The highest BCUT2D eigenvalue weighted by atomic mass is 16.6. The van der Waals surface area contributed by atoms with Crippen molar-refractivity contribution in [2.75, 3.05) is 0 Å². The Morgan fingerprint density at radius 2 is 1.39 bits per heavy atom. The minimum atomic E-state index is -0.497. The molecule has 134 valence electrons. The number of benzene rings is 3. The molecular weight excluding hydrogens is 360 g/mol. The van der Waals surface area contributed by atoms with E-state index in [4.69, 9.17) is 5.26 Å². The maximum atomic E-state index is 11.2. The summed E-state index contributed by atoms with van der Waals surface area (Å²) in [7, 11) is 0. The number of nitriles is 1. The van der Waals surface area contributed by atoms with Crippen molar-refractivity contribution in [3.8, 4) is 17.3 Å². The lowest BCUT2D eigenvalue weighted by Gasteiger charge is -2.10. The molecule has 0 bridgehead atoms. The van der Waals surface area contributed by atoms with Gasteiger partial charge in [0, 0.05) is 40.6 Å². The zero-order valence-electron chi connectivity index (χ0n) is 14.2. The lowest BCUT2D eigenvalue weighted by Crippen LogP contribution is -1.94. The molecule has 0 saturated heterocycles. The monoisotopic (exact) mass is 370 g/mol. The summed E-state index contributed by atoms with van der Waals surface area (Å²) in [5.74, 6) is 0. The van der Waals surface area contributed by atoms with E-state index in [0.717, 1.165) is 0 Å². The fourth-order valence-electron chi connectivity index (χ4n) is 3.13. The Labute approximate surface area is 157 Å². The fraction of sp³-hybridized carbons (Fsp3) is 0. The van der Waals surface area contributed by atoms with Gasteiger partial charge in [-0.15, -0.1) is 0 Å². The summed E-state index contributed by atoms with van der Waals surface area (Å²) in [6.45, 7) is 0. The van der Waals surface area contributed by atoms with Crippen LogP contribution in [0.4, 0.5) is 11.4 Å². The molecule has 0 amide bonds. The number of non-ortho nitro benzene ring substituents is 2. The number of hydrogen-bond acceptors (Lipinski definition) is 6. The molecule has 1 aromatic heterocycles. The van der Waals surface area contributed by atoms with Gasteiger partial charge < -0.3 is 0 Å². The van der Waals surface area contributed by atoms with Gasteiger partial charge in [0.2, 0.25) is 0 Å². The van der Waals surface area contributed by atoms with E-state index in [1.165, 1.54) is 24.3 Å². The van der Waals surface area contributed by atoms with Crippen LogP contribution in [0.25, 0.3) is 32.9 Å². The first kappa shape index (κ1) is 17.1. The summed E-state index contributed by atoms with van der Waals surface area (Å²) >= 11 is 0. The van der Waals surface area contributed by atoms with E-state index in [2.05, 4.69) is 4.98 Å². The Bertz CT molecular complexity index is 1320. The van der Waals surface area contributed by atoms with Crippen LogP contribution >= 0.6 is 0 Å². The Kier molecular flexibility index (Phi) is 3.90. The van der Waals surface area contributed by atoms with Crippen LogP contribution in [0.2, 0.25) is 0 Å². The normalized spacial score (nSPS) is 10.7. The van der Waals surface area contributed by atoms with Gasteiger partial charge in [0.15, 0.2) is 0 Å². The molecule has 0 aliphatic rings. The summed E-state index contributed by atoms with van der Waals surface area (Å²) in [5, 5.41) is 33.3. The summed E-state index contributed by atoms with van der Waals surface area (Å²) in [5.41, 5.74) is 1.82. The maximum Gasteiger partial charge on any atom is 0.271 e. The molecule has 0 aliphatic heterocycles. The van der Waals surface area contributed by atoms with Gasteiger partial charge in [0.05, 0.1) is 32.7 Å². The van der Waals surface area contributed by atoms with Crippen LogP contribution in [0.5, 0.6) is 0 Å². The molecular formula is C20H10N4O4. The van der Waals surface area contributed by atoms with Crippen molar-refractivity contribution in [3.05, 3.63) is 86.5 Å². The highest BCUT2D eigenvalue weighted by molar-refractivity contribution is 6.11. The summed E-state index contributed by atoms with van der Waals surface area (Å²) in [4.78, 5) is 25.9. The minimum Gasteiger partial charge on any atom is -0.258 e. The number of nitro groups is 2. The first-order valence-electron chi connectivity index (χ1n) is 8.15. The smallest absolute Gasteiger partial charge is 0.258 e. The molecule has 0 aliphatic carbocycles. The average Bonchev–Trinajstić information content (AvgIpc) is 2.72. The molecule has 8 heteroatoms. The molecule has 0 unspecified atom stereocenters. The SMILES string of the molecule is N#Cc1ccc(-c2nc3cc([N+](=O)[O-])ccc3c3ccc([N+](=O)[O-])cc23)cc1. The molecule has 0 saturated carbocycles. The highest BCUT2D eigenvalue weighted by Gasteiger charge is 2.16. The van der Waals surface area contributed by atoms with E-state index in [1.54, 1.807) is 36.4 Å². The van der Waals surface area contributed by atoms with Crippen LogP contribution in [0.15, 0.2) is 60.7 Å². The molecule has 3 aromatic carbocycles. The Morgan fingerprint density at radius 1 is 0.786 bits per heavy atom. The third kappa shape index (κ3) is 2.77. The van der Waals surface area contributed by atoms with E-state index in [0.29, 0.717) is 38.5 Å². The van der Waals surface area contributed by atoms with Gasteiger partial charge in [0.1, 0.15) is 0 Å². The van der Waals surface area contributed by atoms with Crippen molar-refractivity contribution in [2.45, 2.75) is 0 Å². The van der Waals surface area contributed by atoms with E-state index in [1.807, 2.05) is 6.07 Å². The predicted molar refractivity (Wildman–Crippen MR) is 103 cm³/mol. The number of aromatic nitrogens is 1. The summed E-state index contributed by atoms with van der Waals surface area (Å²) < 4.78 is 0. The van der Waals surface area contributed by atoms with Crippen LogP contribution < -0.4 is 0 Å². The molecule has 0 radical (unpaired) electrons. The van der Waals surface area contributed by atoms with Gasteiger partial charge in [-0.05, 0) is 29.7 Å². The van der Waals surface area contributed by atoms with Crippen LogP contribution in [0, 0.1) is 31.6 Å². The molecule has 28 heavy (non-hydrogen) atoms.